The zero-order chi connectivity index (χ0) is 10.8. The number of hydrogen-bond donors (Lipinski definition) is 0. The van der Waals surface area contributed by atoms with E-state index in [9.17, 15) is 4.79 Å². The minimum absolute atomic E-state index is 0.612. The third-order valence-corrected chi connectivity index (χ3v) is 2.36. The lowest BCUT2D eigenvalue weighted by Crippen LogP contribution is -1.90. The van der Waals surface area contributed by atoms with Crippen LogP contribution in [0.3, 0.4) is 0 Å². The second-order valence-electron chi connectivity index (χ2n) is 3.18. The second-order valence-corrected chi connectivity index (χ2v) is 3.18. The molecular weight excluding hydrogens is 192 g/mol. The van der Waals surface area contributed by atoms with E-state index in [1.54, 1.807) is 25.3 Å². The molecule has 0 spiro atoms. The molecule has 0 saturated carbocycles. The van der Waals surface area contributed by atoms with Crippen molar-refractivity contribution in [3.8, 4) is 5.75 Å². The summed E-state index contributed by atoms with van der Waals surface area (Å²) >= 11 is 0. The highest BCUT2D eigenvalue weighted by molar-refractivity contribution is 5.95. The Kier molecular flexibility index (Phi) is 2.27. The number of nitrogens with zero attached hydrogens (tertiary/aromatic N) is 2. The average molecular weight is 202 g/mol. The number of carbonyl (C=O) groups excluding carboxylic acids is 1. The highest BCUT2D eigenvalue weighted by atomic mass is 16.5. The van der Waals surface area contributed by atoms with Crippen molar-refractivity contribution in [2.75, 3.05) is 7.11 Å². The maximum Gasteiger partial charge on any atom is 0.240 e. The lowest BCUT2D eigenvalue weighted by atomic mass is 10.2. The smallest absolute Gasteiger partial charge is 0.240 e. The van der Waals surface area contributed by atoms with Gasteiger partial charge in [0, 0.05) is 18.6 Å². The van der Waals surface area contributed by atoms with E-state index >= 15 is 0 Å². The Balaban J connectivity index is 2.84. The van der Waals surface area contributed by atoms with Gasteiger partial charge in [0.1, 0.15) is 5.75 Å². The summed E-state index contributed by atoms with van der Waals surface area (Å²) in [6.07, 6.45) is 3.45. The predicted molar refractivity (Wildman–Crippen MR) is 57.3 cm³/mol. The Labute approximate surface area is 86.8 Å². The van der Waals surface area contributed by atoms with Crippen molar-refractivity contribution in [2.45, 2.75) is 0 Å². The van der Waals surface area contributed by atoms with Gasteiger partial charge in [-0.15, -0.1) is 0 Å². The van der Waals surface area contributed by atoms with Gasteiger partial charge in [-0.2, -0.15) is 4.99 Å². The van der Waals surface area contributed by atoms with Crippen LogP contribution in [0.4, 0.5) is 5.69 Å². The fourth-order valence-corrected chi connectivity index (χ4v) is 1.68. The number of aromatic nitrogens is 1. The van der Waals surface area contributed by atoms with E-state index in [-0.39, 0.29) is 0 Å². The summed E-state index contributed by atoms with van der Waals surface area (Å²) in [6.45, 7) is 0. The Morgan fingerprint density at radius 2 is 2.20 bits per heavy atom. The molecule has 0 atom stereocenters. The minimum atomic E-state index is 0.612. The van der Waals surface area contributed by atoms with Gasteiger partial charge in [0.15, 0.2) is 0 Å². The van der Waals surface area contributed by atoms with Crippen LogP contribution in [0, 0.1) is 0 Å². The summed E-state index contributed by atoms with van der Waals surface area (Å²) in [4.78, 5) is 13.9. The van der Waals surface area contributed by atoms with Crippen LogP contribution in [-0.4, -0.2) is 17.8 Å². The van der Waals surface area contributed by atoms with E-state index in [4.69, 9.17) is 4.74 Å². The normalized spacial score (nSPS) is 10.0. The number of ether oxygens (including phenoxy) is 1. The summed E-state index contributed by atoms with van der Waals surface area (Å²) in [7, 11) is 3.53. The lowest BCUT2D eigenvalue weighted by Gasteiger charge is -2.05. The molecule has 4 heteroatoms. The monoisotopic (exact) mass is 202 g/mol. The lowest BCUT2D eigenvalue weighted by molar-refractivity contribution is 0.418. The van der Waals surface area contributed by atoms with Crippen molar-refractivity contribution < 1.29 is 9.53 Å². The Bertz CT molecular complexity index is 551. The highest BCUT2D eigenvalue weighted by Crippen LogP contribution is 2.33. The Morgan fingerprint density at radius 3 is 2.87 bits per heavy atom. The molecule has 0 N–H and O–H groups in total. The third-order valence-electron chi connectivity index (χ3n) is 2.36. The van der Waals surface area contributed by atoms with Gasteiger partial charge in [0.05, 0.1) is 18.3 Å². The minimum Gasteiger partial charge on any atom is -0.495 e. The van der Waals surface area contributed by atoms with Crippen molar-refractivity contribution in [1.29, 1.82) is 0 Å². The van der Waals surface area contributed by atoms with E-state index in [1.807, 2.05) is 23.9 Å². The van der Waals surface area contributed by atoms with E-state index in [0.717, 1.165) is 16.7 Å². The van der Waals surface area contributed by atoms with Crippen LogP contribution in [0.15, 0.2) is 29.4 Å². The largest absolute Gasteiger partial charge is 0.495 e. The van der Waals surface area contributed by atoms with E-state index in [2.05, 4.69) is 4.99 Å². The zero-order valence-corrected chi connectivity index (χ0v) is 8.52. The number of isocyanates is 1. The average Bonchev–Trinajstić information content (AvgIpc) is 2.63. The van der Waals surface area contributed by atoms with Crippen LogP contribution < -0.4 is 4.74 Å². The van der Waals surface area contributed by atoms with Crippen molar-refractivity contribution in [2.24, 2.45) is 12.0 Å². The van der Waals surface area contributed by atoms with Gasteiger partial charge in [-0.1, -0.05) is 0 Å². The molecule has 1 heterocycles. The van der Waals surface area contributed by atoms with Gasteiger partial charge in [-0.3, -0.25) is 0 Å². The topological polar surface area (TPSA) is 43.6 Å². The molecule has 1 aromatic carbocycles. The molecule has 0 aliphatic rings. The standard InChI is InChI=1S/C11H10N2O2/c1-13-6-5-8-9(12-7-14)3-4-10(15-2)11(8)13/h3-6H,1-2H3. The molecule has 76 valence electrons. The van der Waals surface area contributed by atoms with Crippen LogP contribution in [0.1, 0.15) is 0 Å². The predicted octanol–water partition coefficient (Wildman–Crippen LogP) is 2.15. The van der Waals surface area contributed by atoms with Gasteiger partial charge in [0.25, 0.3) is 0 Å². The quantitative estimate of drug-likeness (QED) is 0.553. The Morgan fingerprint density at radius 1 is 1.40 bits per heavy atom. The number of benzene rings is 1. The number of rotatable bonds is 2. The molecule has 0 saturated heterocycles. The molecule has 1 aromatic heterocycles. The molecule has 2 aromatic rings. The number of hydrogen-bond acceptors (Lipinski definition) is 3. The van der Waals surface area contributed by atoms with E-state index in [0.29, 0.717) is 5.69 Å². The van der Waals surface area contributed by atoms with Crippen molar-refractivity contribution in [3.63, 3.8) is 0 Å². The first-order chi connectivity index (χ1) is 7.27. The van der Waals surface area contributed by atoms with Gasteiger partial charge in [-0.25, -0.2) is 4.79 Å². The molecular formula is C11H10N2O2. The van der Waals surface area contributed by atoms with Crippen molar-refractivity contribution in [3.05, 3.63) is 24.4 Å². The van der Waals surface area contributed by atoms with Crippen molar-refractivity contribution >= 4 is 22.7 Å². The fourth-order valence-electron chi connectivity index (χ4n) is 1.68. The summed E-state index contributed by atoms with van der Waals surface area (Å²) in [6, 6.07) is 5.43. The molecule has 15 heavy (non-hydrogen) atoms. The van der Waals surface area contributed by atoms with E-state index < -0.39 is 0 Å². The highest BCUT2D eigenvalue weighted by Gasteiger charge is 2.08. The molecule has 0 bridgehead atoms. The number of aliphatic imine (C=N–C) groups is 1. The summed E-state index contributed by atoms with van der Waals surface area (Å²) in [5.41, 5.74) is 1.54. The first-order valence-corrected chi connectivity index (χ1v) is 4.48. The third kappa shape index (κ3) is 1.41. The molecule has 0 aliphatic carbocycles. The SMILES string of the molecule is COc1ccc(N=C=O)c2ccn(C)c12. The molecule has 4 nitrogen and oxygen atoms in total. The number of aryl methyl sites for hydroxylation is 1. The fraction of sp³-hybridized carbons (Fsp3) is 0.182. The molecule has 2 rings (SSSR count). The van der Waals surface area contributed by atoms with Gasteiger partial charge in [-0.05, 0) is 18.2 Å². The number of fused-ring (bicyclic) bond motifs is 1. The zero-order valence-electron chi connectivity index (χ0n) is 8.52. The molecule has 0 aliphatic heterocycles. The van der Waals surface area contributed by atoms with Crippen LogP contribution in [-0.2, 0) is 11.8 Å². The maximum atomic E-state index is 10.2. The first-order valence-electron chi connectivity index (χ1n) is 4.48. The van der Waals surface area contributed by atoms with Gasteiger partial charge < -0.3 is 9.30 Å². The molecule has 0 fully saturated rings. The molecule has 0 unspecified atom stereocenters. The second kappa shape index (κ2) is 3.59. The van der Waals surface area contributed by atoms with Gasteiger partial charge >= 0.3 is 0 Å². The maximum absolute atomic E-state index is 10.2. The van der Waals surface area contributed by atoms with Crippen LogP contribution in [0.25, 0.3) is 10.9 Å². The molecule has 0 amide bonds. The first kappa shape index (κ1) is 9.49. The van der Waals surface area contributed by atoms with E-state index in [1.165, 1.54) is 0 Å². The summed E-state index contributed by atoms with van der Waals surface area (Å²) in [5.74, 6) is 0.766. The van der Waals surface area contributed by atoms with Crippen molar-refractivity contribution in [1.82, 2.24) is 4.57 Å². The van der Waals surface area contributed by atoms with Crippen LogP contribution in [0.2, 0.25) is 0 Å². The van der Waals surface area contributed by atoms with Gasteiger partial charge in [0.2, 0.25) is 6.08 Å². The van der Waals surface area contributed by atoms with Crippen LogP contribution >= 0.6 is 0 Å². The molecule has 0 radical (unpaired) electrons. The summed E-state index contributed by atoms with van der Waals surface area (Å²) in [5, 5.41) is 0.889. The van der Waals surface area contributed by atoms with Crippen LogP contribution in [0.5, 0.6) is 5.75 Å². The summed E-state index contributed by atoms with van der Waals surface area (Å²) < 4.78 is 7.17. The Hall–Kier alpha value is -2.06. The number of methoxy groups -OCH3 is 1.